The van der Waals surface area contributed by atoms with Crippen LogP contribution in [0, 0.1) is 0 Å². The molecule has 0 aromatic heterocycles. The molecule has 1 aliphatic heterocycles. The van der Waals surface area contributed by atoms with E-state index in [9.17, 15) is 4.79 Å². The van der Waals surface area contributed by atoms with Gasteiger partial charge in [0.05, 0.1) is 7.11 Å². The van der Waals surface area contributed by atoms with Crippen LogP contribution in [0.15, 0.2) is 0 Å². The number of carbonyl (C=O) groups is 1. The van der Waals surface area contributed by atoms with Crippen molar-refractivity contribution < 1.29 is 9.53 Å². The van der Waals surface area contributed by atoms with Gasteiger partial charge >= 0.3 is 5.97 Å². The van der Waals surface area contributed by atoms with Crippen molar-refractivity contribution in [1.29, 1.82) is 0 Å². The topological polar surface area (TPSA) is 48.2 Å². The summed E-state index contributed by atoms with van der Waals surface area (Å²) in [4.78, 5) is 10.7. The summed E-state index contributed by atoms with van der Waals surface area (Å²) >= 11 is 0. The Morgan fingerprint density at radius 1 is 1.78 bits per heavy atom. The van der Waals surface area contributed by atoms with E-state index < -0.39 is 0 Å². The van der Waals surface area contributed by atoms with Crippen LogP contribution in [0.1, 0.15) is 12.8 Å². The molecule has 1 saturated carbocycles. The first kappa shape index (κ1) is 5.23. The highest BCUT2D eigenvalue weighted by Crippen LogP contribution is 2.49. The van der Waals surface area contributed by atoms with Crippen molar-refractivity contribution in [3.8, 4) is 0 Å². The summed E-state index contributed by atoms with van der Waals surface area (Å²) in [5.41, 5.74) is 0.215. The second-order valence-corrected chi connectivity index (χ2v) is 2.76. The lowest BCUT2D eigenvalue weighted by molar-refractivity contribution is -0.140. The van der Waals surface area contributed by atoms with Crippen LogP contribution in [0.3, 0.4) is 0 Å². The lowest BCUT2D eigenvalue weighted by Crippen LogP contribution is -2.12. The van der Waals surface area contributed by atoms with Gasteiger partial charge in [-0.25, -0.2) is 0 Å². The van der Waals surface area contributed by atoms with Crippen molar-refractivity contribution >= 4 is 5.97 Å². The highest BCUT2D eigenvalue weighted by atomic mass is 16.5. The summed E-state index contributed by atoms with van der Waals surface area (Å²) in [5, 5.41) is 3.10. The number of esters is 1. The zero-order valence-corrected chi connectivity index (χ0v) is 5.31. The third-order valence-corrected chi connectivity index (χ3v) is 2.13. The van der Waals surface area contributed by atoms with Gasteiger partial charge in [-0.05, 0) is 12.8 Å². The molecule has 1 atom stereocenters. The van der Waals surface area contributed by atoms with E-state index in [2.05, 4.69) is 10.1 Å². The summed E-state index contributed by atoms with van der Waals surface area (Å²) in [6.45, 7) is 0. The van der Waals surface area contributed by atoms with Gasteiger partial charge in [-0.3, -0.25) is 10.1 Å². The smallest absolute Gasteiger partial charge is 0.324 e. The molecule has 1 heterocycles. The molecule has 1 N–H and O–H groups in total. The van der Waals surface area contributed by atoms with Crippen LogP contribution >= 0.6 is 0 Å². The second-order valence-electron chi connectivity index (χ2n) is 2.76. The predicted octanol–water partition coefficient (Wildman–Crippen LogP) is -0.336. The fraction of sp³-hybridized carbons (Fsp3) is 0.833. The standard InChI is InChI=1S/C6H9NO2/c1-9-5(8)4-6(7-4)2-3-6/h4,7H,2-3H2,1H3. The van der Waals surface area contributed by atoms with Gasteiger partial charge in [0.2, 0.25) is 0 Å². The molecule has 50 valence electrons. The van der Waals surface area contributed by atoms with Gasteiger partial charge in [0.1, 0.15) is 6.04 Å². The molecule has 1 saturated heterocycles. The Labute approximate surface area is 53.4 Å². The van der Waals surface area contributed by atoms with Gasteiger partial charge in [-0.15, -0.1) is 0 Å². The summed E-state index contributed by atoms with van der Waals surface area (Å²) in [7, 11) is 1.43. The van der Waals surface area contributed by atoms with Gasteiger partial charge in [-0.1, -0.05) is 0 Å². The molecule has 9 heavy (non-hydrogen) atoms. The number of nitrogens with one attached hydrogen (secondary N) is 1. The number of methoxy groups -OCH3 is 1. The average molecular weight is 127 g/mol. The van der Waals surface area contributed by atoms with E-state index in [1.54, 1.807) is 0 Å². The zero-order valence-electron chi connectivity index (χ0n) is 5.31. The largest absolute Gasteiger partial charge is 0.468 e. The molecule has 0 aromatic carbocycles. The van der Waals surface area contributed by atoms with E-state index in [1.165, 1.54) is 7.11 Å². The minimum atomic E-state index is -0.104. The van der Waals surface area contributed by atoms with Crippen molar-refractivity contribution in [3.63, 3.8) is 0 Å². The third-order valence-electron chi connectivity index (χ3n) is 2.13. The van der Waals surface area contributed by atoms with E-state index >= 15 is 0 Å². The molecule has 1 aliphatic carbocycles. The Kier molecular flexibility index (Phi) is 0.750. The maximum Gasteiger partial charge on any atom is 0.324 e. The SMILES string of the molecule is COC(=O)C1NC12CC2. The highest BCUT2D eigenvalue weighted by molar-refractivity contribution is 5.82. The van der Waals surface area contributed by atoms with Crippen LogP contribution in [0.4, 0.5) is 0 Å². The molecule has 2 rings (SSSR count). The molecule has 0 radical (unpaired) electrons. The summed E-state index contributed by atoms with van der Waals surface area (Å²) in [6.07, 6.45) is 2.29. The van der Waals surface area contributed by atoms with E-state index in [0.717, 1.165) is 12.8 Å². The lowest BCUT2D eigenvalue weighted by Gasteiger charge is -1.90. The van der Waals surface area contributed by atoms with Crippen molar-refractivity contribution in [2.24, 2.45) is 0 Å². The van der Waals surface area contributed by atoms with E-state index in [4.69, 9.17) is 0 Å². The Morgan fingerprint density at radius 2 is 2.44 bits per heavy atom. The first-order chi connectivity index (χ1) is 4.28. The highest BCUT2D eigenvalue weighted by Gasteiger charge is 2.66. The maximum atomic E-state index is 10.7. The molecule has 0 aromatic rings. The normalized spacial score (nSPS) is 34.1. The molecule has 1 unspecified atom stereocenters. The summed E-state index contributed by atoms with van der Waals surface area (Å²) in [5.74, 6) is -0.104. The third kappa shape index (κ3) is 0.580. The molecule has 0 bridgehead atoms. The van der Waals surface area contributed by atoms with Gasteiger partial charge in [0, 0.05) is 5.54 Å². The molecule has 1 spiro atoms. The Bertz CT molecular complexity index is 162. The Balaban J connectivity index is 1.96. The van der Waals surface area contributed by atoms with Crippen LogP contribution in [0.5, 0.6) is 0 Å². The van der Waals surface area contributed by atoms with Crippen LogP contribution in [0.2, 0.25) is 0 Å². The van der Waals surface area contributed by atoms with E-state index in [0.29, 0.717) is 0 Å². The molecule has 2 aliphatic rings. The van der Waals surface area contributed by atoms with Crippen LogP contribution in [-0.4, -0.2) is 24.7 Å². The van der Waals surface area contributed by atoms with Crippen LogP contribution < -0.4 is 5.32 Å². The monoisotopic (exact) mass is 127 g/mol. The number of rotatable bonds is 1. The molecular formula is C6H9NO2. The van der Waals surface area contributed by atoms with Crippen LogP contribution in [-0.2, 0) is 9.53 Å². The van der Waals surface area contributed by atoms with Gasteiger partial charge in [-0.2, -0.15) is 0 Å². The summed E-state index contributed by atoms with van der Waals surface area (Å²) in [6, 6.07) is 0.0301. The Morgan fingerprint density at radius 3 is 2.78 bits per heavy atom. The second kappa shape index (κ2) is 1.29. The number of hydrogen-bond acceptors (Lipinski definition) is 3. The first-order valence-corrected chi connectivity index (χ1v) is 3.14. The lowest BCUT2D eigenvalue weighted by atomic mass is 10.3. The van der Waals surface area contributed by atoms with Gasteiger partial charge in [0.25, 0.3) is 0 Å². The Hall–Kier alpha value is -0.570. The maximum absolute atomic E-state index is 10.7. The number of hydrogen-bond donors (Lipinski definition) is 1. The molecule has 3 heteroatoms. The first-order valence-electron chi connectivity index (χ1n) is 3.14. The van der Waals surface area contributed by atoms with E-state index in [1.807, 2.05) is 0 Å². The van der Waals surface area contributed by atoms with Crippen molar-refractivity contribution in [3.05, 3.63) is 0 Å². The van der Waals surface area contributed by atoms with Gasteiger partial charge in [0.15, 0.2) is 0 Å². The summed E-state index contributed by atoms with van der Waals surface area (Å²) < 4.78 is 4.55. The average Bonchev–Trinajstić information content (AvgIpc) is 2.74. The van der Waals surface area contributed by atoms with Crippen molar-refractivity contribution in [1.82, 2.24) is 5.32 Å². The van der Waals surface area contributed by atoms with E-state index in [-0.39, 0.29) is 17.6 Å². The molecule has 2 fully saturated rings. The quantitative estimate of drug-likeness (QED) is 0.387. The number of ether oxygens (including phenoxy) is 1. The van der Waals surface area contributed by atoms with Crippen molar-refractivity contribution in [2.75, 3.05) is 7.11 Å². The van der Waals surface area contributed by atoms with Crippen molar-refractivity contribution in [2.45, 2.75) is 24.4 Å². The predicted molar refractivity (Wildman–Crippen MR) is 30.9 cm³/mol. The van der Waals surface area contributed by atoms with Gasteiger partial charge < -0.3 is 4.74 Å². The zero-order chi connectivity index (χ0) is 6.48. The minimum Gasteiger partial charge on any atom is -0.468 e. The molecular weight excluding hydrogens is 118 g/mol. The molecule has 3 nitrogen and oxygen atoms in total. The number of carbonyl (C=O) groups excluding carboxylic acids is 1. The fourth-order valence-electron chi connectivity index (χ4n) is 1.22. The van der Waals surface area contributed by atoms with Crippen LogP contribution in [0.25, 0.3) is 0 Å². The molecule has 0 amide bonds. The fourth-order valence-corrected chi connectivity index (χ4v) is 1.22. The minimum absolute atomic E-state index is 0.0301.